The Bertz CT molecular complexity index is 639. The van der Waals surface area contributed by atoms with Gasteiger partial charge in [0.25, 0.3) is 0 Å². The zero-order valence-electron chi connectivity index (χ0n) is 13.3. The van der Waals surface area contributed by atoms with Crippen molar-refractivity contribution in [2.24, 2.45) is 5.92 Å². The Hall–Kier alpha value is -2.34. The molecular weight excluding hydrogens is 296 g/mol. The van der Waals surface area contributed by atoms with Crippen molar-refractivity contribution in [1.29, 1.82) is 0 Å². The van der Waals surface area contributed by atoms with Crippen LogP contribution in [0, 0.1) is 5.92 Å². The molecule has 6 heteroatoms. The largest absolute Gasteiger partial charge is 0.497 e. The van der Waals surface area contributed by atoms with Crippen LogP contribution >= 0.6 is 0 Å². The number of likely N-dealkylation sites (tertiary alicyclic amines) is 1. The van der Waals surface area contributed by atoms with Crippen LogP contribution in [0.2, 0.25) is 0 Å². The molecule has 2 aromatic rings. The van der Waals surface area contributed by atoms with Gasteiger partial charge in [-0.15, -0.1) is 0 Å². The Balaban J connectivity index is 1.67. The minimum absolute atomic E-state index is 0.206. The lowest BCUT2D eigenvalue weighted by molar-refractivity contribution is 0.0401. The lowest BCUT2D eigenvalue weighted by Crippen LogP contribution is -2.24. The van der Waals surface area contributed by atoms with Gasteiger partial charge in [-0.1, -0.05) is 17.3 Å². The van der Waals surface area contributed by atoms with Crippen molar-refractivity contribution in [3.63, 3.8) is 0 Å². The molecule has 1 fully saturated rings. The standard InChI is InChI=1S/C17H20N2O4/c1-19-9-7-13(11-22-17(20)15-8-10-23-18-15)16(19)12-3-5-14(21-2)6-4-12/h3-6,8,10,13,16H,7,9,11H2,1-2H3/t13-,16+/m1/s1. The van der Waals surface area contributed by atoms with Crippen LogP contribution in [-0.4, -0.2) is 43.3 Å². The Morgan fingerprint density at radius 1 is 1.35 bits per heavy atom. The van der Waals surface area contributed by atoms with Crippen LogP contribution in [0.25, 0.3) is 0 Å². The Morgan fingerprint density at radius 2 is 2.13 bits per heavy atom. The second kappa shape index (κ2) is 6.83. The predicted octanol–water partition coefficient (Wildman–Crippen LogP) is 2.53. The molecule has 6 nitrogen and oxygen atoms in total. The van der Waals surface area contributed by atoms with E-state index in [0.717, 1.165) is 18.7 Å². The number of nitrogens with zero attached hydrogens (tertiary/aromatic N) is 2. The number of carbonyl (C=O) groups excluding carboxylic acids is 1. The maximum atomic E-state index is 11.9. The number of aromatic nitrogens is 1. The Morgan fingerprint density at radius 3 is 2.78 bits per heavy atom. The fraction of sp³-hybridized carbons (Fsp3) is 0.412. The van der Waals surface area contributed by atoms with Gasteiger partial charge in [-0.25, -0.2) is 4.79 Å². The number of esters is 1. The van der Waals surface area contributed by atoms with Crippen LogP contribution in [0.5, 0.6) is 5.75 Å². The highest BCUT2D eigenvalue weighted by Gasteiger charge is 2.34. The van der Waals surface area contributed by atoms with Gasteiger partial charge in [0, 0.05) is 18.0 Å². The molecule has 2 atom stereocenters. The first-order valence-corrected chi connectivity index (χ1v) is 7.60. The van der Waals surface area contributed by atoms with E-state index in [9.17, 15) is 4.79 Å². The van der Waals surface area contributed by atoms with Gasteiger partial charge in [-0.05, 0) is 37.7 Å². The van der Waals surface area contributed by atoms with E-state index in [-0.39, 0.29) is 17.7 Å². The van der Waals surface area contributed by atoms with Crippen LogP contribution in [0.4, 0.5) is 0 Å². The van der Waals surface area contributed by atoms with Gasteiger partial charge in [0.2, 0.25) is 0 Å². The van der Waals surface area contributed by atoms with E-state index >= 15 is 0 Å². The minimum Gasteiger partial charge on any atom is -0.497 e. The summed E-state index contributed by atoms with van der Waals surface area (Å²) in [6.07, 6.45) is 2.35. The molecule has 0 aliphatic carbocycles. The van der Waals surface area contributed by atoms with Crippen LogP contribution in [0.15, 0.2) is 41.1 Å². The average molecular weight is 316 g/mol. The monoisotopic (exact) mass is 316 g/mol. The van der Waals surface area contributed by atoms with E-state index in [1.807, 2.05) is 12.1 Å². The third kappa shape index (κ3) is 3.37. The van der Waals surface area contributed by atoms with E-state index in [1.54, 1.807) is 7.11 Å². The number of rotatable bonds is 5. The van der Waals surface area contributed by atoms with Crippen molar-refractivity contribution in [2.45, 2.75) is 12.5 Å². The normalized spacial score (nSPS) is 21.3. The smallest absolute Gasteiger partial charge is 0.360 e. The number of methoxy groups -OCH3 is 1. The van der Waals surface area contributed by atoms with Gasteiger partial charge in [0.1, 0.15) is 12.0 Å². The molecule has 0 amide bonds. The second-order valence-electron chi connectivity index (χ2n) is 5.73. The van der Waals surface area contributed by atoms with Crippen molar-refractivity contribution in [2.75, 3.05) is 27.3 Å². The fourth-order valence-electron chi connectivity index (χ4n) is 3.10. The number of hydrogen-bond donors (Lipinski definition) is 0. The summed E-state index contributed by atoms with van der Waals surface area (Å²) in [5, 5.41) is 3.60. The first-order chi connectivity index (χ1) is 11.2. The zero-order chi connectivity index (χ0) is 16.2. The molecular formula is C17H20N2O4. The van der Waals surface area contributed by atoms with Crippen molar-refractivity contribution < 1.29 is 18.8 Å². The maximum Gasteiger partial charge on any atom is 0.360 e. The number of carbonyl (C=O) groups is 1. The van der Waals surface area contributed by atoms with E-state index in [4.69, 9.17) is 9.47 Å². The molecule has 122 valence electrons. The minimum atomic E-state index is -0.443. The summed E-state index contributed by atoms with van der Waals surface area (Å²) in [5.74, 6) is 0.648. The van der Waals surface area contributed by atoms with Crippen LogP contribution < -0.4 is 4.74 Å². The molecule has 0 saturated carbocycles. The second-order valence-corrected chi connectivity index (χ2v) is 5.73. The SMILES string of the molecule is COc1ccc([C@H]2[C@@H](COC(=O)c3ccon3)CCN2C)cc1. The zero-order valence-corrected chi connectivity index (χ0v) is 13.3. The highest BCUT2D eigenvalue weighted by Crippen LogP contribution is 2.36. The molecule has 0 radical (unpaired) electrons. The molecule has 1 aromatic carbocycles. The lowest BCUT2D eigenvalue weighted by Gasteiger charge is -2.25. The molecule has 2 heterocycles. The van der Waals surface area contributed by atoms with Crippen LogP contribution in [0.1, 0.15) is 28.5 Å². The Kier molecular flexibility index (Phi) is 4.62. The van der Waals surface area contributed by atoms with E-state index in [2.05, 4.69) is 33.8 Å². The molecule has 3 rings (SSSR count). The lowest BCUT2D eigenvalue weighted by atomic mass is 9.94. The Labute approximate surface area is 135 Å². The number of ether oxygens (including phenoxy) is 2. The topological polar surface area (TPSA) is 64.8 Å². The summed E-state index contributed by atoms with van der Waals surface area (Å²) in [6, 6.07) is 9.78. The quantitative estimate of drug-likeness (QED) is 0.790. The molecule has 0 unspecified atom stereocenters. The van der Waals surface area contributed by atoms with Crippen LogP contribution in [0.3, 0.4) is 0 Å². The highest BCUT2D eigenvalue weighted by molar-refractivity contribution is 5.86. The predicted molar refractivity (Wildman–Crippen MR) is 83.3 cm³/mol. The van der Waals surface area contributed by atoms with E-state index in [0.29, 0.717) is 6.61 Å². The fourth-order valence-corrected chi connectivity index (χ4v) is 3.10. The number of benzene rings is 1. The van der Waals surface area contributed by atoms with Crippen molar-refractivity contribution in [1.82, 2.24) is 10.1 Å². The van der Waals surface area contributed by atoms with Gasteiger partial charge >= 0.3 is 5.97 Å². The van der Waals surface area contributed by atoms with Crippen LogP contribution in [-0.2, 0) is 4.74 Å². The van der Waals surface area contributed by atoms with Gasteiger partial charge < -0.3 is 14.0 Å². The summed E-state index contributed by atoms with van der Waals surface area (Å²) in [7, 11) is 3.75. The highest BCUT2D eigenvalue weighted by atomic mass is 16.5. The summed E-state index contributed by atoms with van der Waals surface area (Å²) in [6.45, 7) is 1.34. The molecule has 1 saturated heterocycles. The van der Waals surface area contributed by atoms with Gasteiger partial charge in [-0.2, -0.15) is 0 Å². The first kappa shape index (κ1) is 15.6. The van der Waals surface area contributed by atoms with Gasteiger partial charge in [0.05, 0.1) is 13.7 Å². The van der Waals surface area contributed by atoms with Crippen molar-refractivity contribution in [3.8, 4) is 5.75 Å². The summed E-state index contributed by atoms with van der Waals surface area (Å²) < 4.78 is 15.3. The molecule has 0 N–H and O–H groups in total. The summed E-state index contributed by atoms with van der Waals surface area (Å²) >= 11 is 0. The molecule has 1 aliphatic heterocycles. The van der Waals surface area contributed by atoms with Crippen molar-refractivity contribution >= 4 is 5.97 Å². The molecule has 1 aromatic heterocycles. The first-order valence-electron chi connectivity index (χ1n) is 7.60. The van der Waals surface area contributed by atoms with Gasteiger partial charge in [-0.3, -0.25) is 4.90 Å². The number of hydrogen-bond acceptors (Lipinski definition) is 6. The van der Waals surface area contributed by atoms with E-state index in [1.165, 1.54) is 17.9 Å². The molecule has 1 aliphatic rings. The third-order valence-corrected chi connectivity index (χ3v) is 4.31. The molecule has 0 spiro atoms. The average Bonchev–Trinajstić information content (AvgIpc) is 3.23. The third-order valence-electron chi connectivity index (χ3n) is 4.31. The summed E-state index contributed by atoms with van der Waals surface area (Å²) in [5.41, 5.74) is 1.41. The summed E-state index contributed by atoms with van der Waals surface area (Å²) in [4.78, 5) is 14.2. The van der Waals surface area contributed by atoms with Gasteiger partial charge in [0.15, 0.2) is 5.69 Å². The van der Waals surface area contributed by atoms with Crippen molar-refractivity contribution in [3.05, 3.63) is 47.9 Å². The molecule has 23 heavy (non-hydrogen) atoms. The maximum absolute atomic E-state index is 11.9. The van der Waals surface area contributed by atoms with E-state index < -0.39 is 5.97 Å². The molecule has 0 bridgehead atoms.